The van der Waals surface area contributed by atoms with Crippen LogP contribution in [0.5, 0.6) is 0 Å². The lowest BCUT2D eigenvalue weighted by atomic mass is 9.96. The summed E-state index contributed by atoms with van der Waals surface area (Å²) in [5.74, 6) is 0.523. The van der Waals surface area contributed by atoms with Gasteiger partial charge >= 0.3 is 6.18 Å². The van der Waals surface area contributed by atoms with E-state index in [1.54, 1.807) is 6.07 Å². The van der Waals surface area contributed by atoms with Crippen molar-refractivity contribution in [3.8, 4) is 0 Å². The van der Waals surface area contributed by atoms with Crippen LogP contribution in [0.25, 0.3) is 0 Å². The molecule has 0 spiro atoms. The molecule has 108 valence electrons. The van der Waals surface area contributed by atoms with Crippen molar-refractivity contribution in [2.45, 2.75) is 45.8 Å². The molecule has 0 aliphatic heterocycles. The van der Waals surface area contributed by atoms with Crippen LogP contribution in [-0.4, -0.2) is 12.6 Å². The Hall–Kier alpha value is -1.03. The summed E-state index contributed by atoms with van der Waals surface area (Å²) in [6.45, 7) is 7.09. The van der Waals surface area contributed by atoms with E-state index in [-0.39, 0.29) is 6.04 Å². The highest BCUT2D eigenvalue weighted by Gasteiger charge is 2.30. The van der Waals surface area contributed by atoms with Gasteiger partial charge in [-0.2, -0.15) is 13.2 Å². The molecule has 0 heterocycles. The van der Waals surface area contributed by atoms with E-state index in [2.05, 4.69) is 19.2 Å². The molecule has 0 amide bonds. The minimum absolute atomic E-state index is 0.230. The average molecular weight is 273 g/mol. The molecule has 0 fully saturated rings. The summed E-state index contributed by atoms with van der Waals surface area (Å²) in [5, 5.41) is 3.34. The molecule has 1 aromatic carbocycles. The van der Waals surface area contributed by atoms with Crippen LogP contribution in [0.1, 0.15) is 38.3 Å². The molecular weight excluding hydrogens is 251 g/mol. The fraction of sp³-hybridized carbons (Fsp3) is 0.600. The molecule has 4 heteroatoms. The lowest BCUT2D eigenvalue weighted by Crippen LogP contribution is -2.32. The van der Waals surface area contributed by atoms with Gasteiger partial charge in [-0.05, 0) is 36.9 Å². The smallest absolute Gasteiger partial charge is 0.314 e. The Kier molecular flexibility index (Phi) is 5.85. The van der Waals surface area contributed by atoms with Crippen LogP contribution >= 0.6 is 0 Å². The molecular formula is C15H22F3N. The van der Waals surface area contributed by atoms with Gasteiger partial charge in [0.25, 0.3) is 0 Å². The van der Waals surface area contributed by atoms with Gasteiger partial charge in [0.1, 0.15) is 0 Å². The van der Waals surface area contributed by atoms with Crippen LogP contribution < -0.4 is 5.32 Å². The zero-order chi connectivity index (χ0) is 14.5. The molecule has 0 radical (unpaired) electrons. The van der Waals surface area contributed by atoms with Gasteiger partial charge in [-0.15, -0.1) is 0 Å². The molecule has 1 N–H and O–H groups in total. The van der Waals surface area contributed by atoms with Gasteiger partial charge in [0, 0.05) is 6.04 Å². The number of rotatable bonds is 6. The predicted octanol–water partition coefficient (Wildman–Crippen LogP) is 4.27. The SMILES string of the molecule is CCNC(Cc1cccc(C(F)(F)F)c1)CC(C)C. The quantitative estimate of drug-likeness (QED) is 0.816. The zero-order valence-electron chi connectivity index (χ0n) is 11.7. The number of alkyl halides is 3. The van der Waals surface area contributed by atoms with E-state index in [9.17, 15) is 13.2 Å². The van der Waals surface area contributed by atoms with Gasteiger partial charge in [-0.3, -0.25) is 0 Å². The van der Waals surface area contributed by atoms with E-state index < -0.39 is 11.7 Å². The minimum Gasteiger partial charge on any atom is -0.314 e. The second-order valence-electron chi connectivity index (χ2n) is 5.29. The Bertz CT molecular complexity index is 385. The molecule has 0 aliphatic rings. The number of nitrogens with one attached hydrogen (secondary N) is 1. The summed E-state index contributed by atoms with van der Waals surface area (Å²) in [6.07, 6.45) is -2.66. The standard InChI is InChI=1S/C15H22F3N/c1-4-19-14(8-11(2)3)10-12-6-5-7-13(9-12)15(16,17)18/h5-7,9,11,14,19H,4,8,10H2,1-3H3. The Balaban J connectivity index is 2.79. The van der Waals surface area contributed by atoms with Crippen molar-refractivity contribution in [2.24, 2.45) is 5.92 Å². The zero-order valence-corrected chi connectivity index (χ0v) is 11.7. The topological polar surface area (TPSA) is 12.0 Å². The van der Waals surface area contributed by atoms with Gasteiger partial charge in [0.05, 0.1) is 5.56 Å². The third-order valence-corrected chi connectivity index (χ3v) is 2.99. The Morgan fingerprint density at radius 3 is 2.42 bits per heavy atom. The van der Waals surface area contributed by atoms with Crippen LogP contribution in [0.15, 0.2) is 24.3 Å². The summed E-state index contributed by atoms with van der Waals surface area (Å²) in [6, 6.07) is 5.85. The van der Waals surface area contributed by atoms with Crippen LogP contribution in [0.4, 0.5) is 13.2 Å². The summed E-state index contributed by atoms with van der Waals surface area (Å²) in [7, 11) is 0. The van der Waals surface area contributed by atoms with Crippen LogP contribution in [-0.2, 0) is 12.6 Å². The first-order valence-corrected chi connectivity index (χ1v) is 6.72. The maximum absolute atomic E-state index is 12.6. The number of hydrogen-bond acceptors (Lipinski definition) is 1. The fourth-order valence-corrected chi connectivity index (χ4v) is 2.26. The van der Waals surface area contributed by atoms with E-state index in [1.165, 1.54) is 12.1 Å². The number of benzene rings is 1. The maximum atomic E-state index is 12.6. The van der Waals surface area contributed by atoms with Crippen molar-refractivity contribution in [1.29, 1.82) is 0 Å². The summed E-state index contributed by atoms with van der Waals surface area (Å²) < 4.78 is 37.9. The molecule has 1 unspecified atom stereocenters. The first-order chi connectivity index (χ1) is 8.82. The third kappa shape index (κ3) is 5.64. The van der Waals surface area contributed by atoms with E-state index in [0.29, 0.717) is 12.3 Å². The number of halogens is 3. The van der Waals surface area contributed by atoms with Crippen molar-refractivity contribution < 1.29 is 13.2 Å². The number of hydrogen-bond donors (Lipinski definition) is 1. The van der Waals surface area contributed by atoms with Crippen molar-refractivity contribution in [2.75, 3.05) is 6.54 Å². The van der Waals surface area contributed by atoms with Crippen LogP contribution in [0.3, 0.4) is 0 Å². The van der Waals surface area contributed by atoms with E-state index >= 15 is 0 Å². The molecule has 1 aromatic rings. The normalized spacial score (nSPS) is 13.8. The van der Waals surface area contributed by atoms with Crippen molar-refractivity contribution in [1.82, 2.24) is 5.32 Å². The third-order valence-electron chi connectivity index (χ3n) is 2.99. The molecule has 1 nitrogen and oxygen atoms in total. The summed E-state index contributed by atoms with van der Waals surface area (Å²) in [4.78, 5) is 0. The van der Waals surface area contributed by atoms with Crippen LogP contribution in [0, 0.1) is 5.92 Å². The molecule has 0 saturated heterocycles. The second kappa shape index (κ2) is 6.94. The Labute approximate surface area is 113 Å². The molecule has 1 atom stereocenters. The lowest BCUT2D eigenvalue weighted by molar-refractivity contribution is -0.137. The van der Waals surface area contributed by atoms with Gasteiger partial charge in [-0.25, -0.2) is 0 Å². The highest BCUT2D eigenvalue weighted by Crippen LogP contribution is 2.29. The Morgan fingerprint density at radius 1 is 1.21 bits per heavy atom. The van der Waals surface area contributed by atoms with Crippen molar-refractivity contribution in [3.05, 3.63) is 35.4 Å². The van der Waals surface area contributed by atoms with Gasteiger partial charge in [0.2, 0.25) is 0 Å². The molecule has 0 aromatic heterocycles. The summed E-state index contributed by atoms with van der Waals surface area (Å²) in [5.41, 5.74) is 0.172. The van der Waals surface area contributed by atoms with Crippen molar-refractivity contribution in [3.63, 3.8) is 0 Å². The highest BCUT2D eigenvalue weighted by molar-refractivity contribution is 5.26. The van der Waals surface area contributed by atoms with Gasteiger partial charge < -0.3 is 5.32 Å². The van der Waals surface area contributed by atoms with E-state index in [0.717, 1.165) is 24.6 Å². The monoisotopic (exact) mass is 273 g/mol. The molecule has 0 saturated carbocycles. The second-order valence-corrected chi connectivity index (χ2v) is 5.29. The van der Waals surface area contributed by atoms with Crippen LogP contribution in [0.2, 0.25) is 0 Å². The highest BCUT2D eigenvalue weighted by atomic mass is 19.4. The van der Waals surface area contributed by atoms with Gasteiger partial charge in [-0.1, -0.05) is 39.0 Å². The van der Waals surface area contributed by atoms with E-state index in [4.69, 9.17) is 0 Å². The Morgan fingerprint density at radius 2 is 1.89 bits per heavy atom. The fourth-order valence-electron chi connectivity index (χ4n) is 2.26. The minimum atomic E-state index is -4.26. The molecule has 19 heavy (non-hydrogen) atoms. The first kappa shape index (κ1) is 16.0. The lowest BCUT2D eigenvalue weighted by Gasteiger charge is -2.20. The molecule has 0 bridgehead atoms. The van der Waals surface area contributed by atoms with Gasteiger partial charge in [0.15, 0.2) is 0 Å². The molecule has 0 aliphatic carbocycles. The maximum Gasteiger partial charge on any atom is 0.416 e. The predicted molar refractivity (Wildman–Crippen MR) is 72.1 cm³/mol. The average Bonchev–Trinajstić information content (AvgIpc) is 2.27. The molecule has 1 rings (SSSR count). The van der Waals surface area contributed by atoms with E-state index in [1.807, 2.05) is 6.92 Å². The first-order valence-electron chi connectivity index (χ1n) is 6.72. The van der Waals surface area contributed by atoms with Crippen molar-refractivity contribution >= 4 is 0 Å². The summed E-state index contributed by atoms with van der Waals surface area (Å²) >= 11 is 0. The largest absolute Gasteiger partial charge is 0.416 e. The number of likely N-dealkylation sites (N-methyl/N-ethyl adjacent to an activating group) is 1.